The second kappa shape index (κ2) is 9.75. The highest BCUT2D eigenvalue weighted by atomic mass is 35.5. The van der Waals surface area contributed by atoms with Gasteiger partial charge in [0, 0.05) is 18.8 Å². The number of aryl methyl sites for hydroxylation is 3. The van der Waals surface area contributed by atoms with E-state index in [2.05, 4.69) is 23.8 Å². The van der Waals surface area contributed by atoms with Gasteiger partial charge in [-0.05, 0) is 49.9 Å². The number of unbranched alkanes of at least 4 members (excludes halogenated alkanes) is 3. The number of nitrogens with zero attached hydrogens (tertiary/aromatic N) is 1. The van der Waals surface area contributed by atoms with Gasteiger partial charge in [0.2, 0.25) is 0 Å². The molecular weight excluding hydrogens is 319 g/mol. The number of hydrogen-bond donors (Lipinski definition) is 1. The Balaban J connectivity index is 0.00000242. The fourth-order valence-electron chi connectivity index (χ4n) is 2.23. The van der Waals surface area contributed by atoms with E-state index in [-0.39, 0.29) is 12.4 Å². The van der Waals surface area contributed by atoms with Crippen LogP contribution in [0.2, 0.25) is 5.02 Å². The number of imidazole rings is 1. The van der Waals surface area contributed by atoms with Gasteiger partial charge in [0.1, 0.15) is 11.6 Å². The van der Waals surface area contributed by atoms with Crippen LogP contribution in [-0.2, 0) is 6.42 Å². The lowest BCUT2D eigenvalue weighted by molar-refractivity contribution is 0.304. The monoisotopic (exact) mass is 342 g/mol. The molecule has 1 heterocycles. The van der Waals surface area contributed by atoms with Crippen LogP contribution in [0.1, 0.15) is 42.6 Å². The van der Waals surface area contributed by atoms with Gasteiger partial charge >= 0.3 is 0 Å². The third-order valence-corrected chi connectivity index (χ3v) is 3.96. The van der Waals surface area contributed by atoms with Crippen molar-refractivity contribution in [2.45, 2.75) is 46.0 Å². The average Bonchev–Trinajstić information content (AvgIpc) is 2.96. The van der Waals surface area contributed by atoms with Crippen molar-refractivity contribution in [1.82, 2.24) is 9.97 Å². The van der Waals surface area contributed by atoms with E-state index in [1.807, 2.05) is 18.3 Å². The number of ether oxygens (including phenoxy) is 1. The van der Waals surface area contributed by atoms with Gasteiger partial charge in [-0.2, -0.15) is 0 Å². The van der Waals surface area contributed by atoms with Crippen LogP contribution >= 0.6 is 24.0 Å². The molecule has 0 aliphatic rings. The molecule has 0 bridgehead atoms. The van der Waals surface area contributed by atoms with Crippen LogP contribution in [0.15, 0.2) is 24.5 Å². The van der Waals surface area contributed by atoms with Gasteiger partial charge in [0.15, 0.2) is 0 Å². The Hall–Kier alpha value is -1.19. The molecule has 0 saturated heterocycles. The summed E-state index contributed by atoms with van der Waals surface area (Å²) in [6.45, 7) is 4.86. The van der Waals surface area contributed by atoms with Gasteiger partial charge in [0.25, 0.3) is 0 Å². The van der Waals surface area contributed by atoms with E-state index >= 15 is 0 Å². The van der Waals surface area contributed by atoms with Crippen LogP contribution in [0.4, 0.5) is 0 Å². The first-order valence-corrected chi connectivity index (χ1v) is 7.92. The molecule has 0 spiro atoms. The molecule has 0 amide bonds. The molecule has 0 unspecified atom stereocenters. The number of halogens is 2. The van der Waals surface area contributed by atoms with Crippen molar-refractivity contribution in [1.29, 1.82) is 0 Å². The van der Waals surface area contributed by atoms with Crippen molar-refractivity contribution in [2.75, 3.05) is 6.61 Å². The van der Waals surface area contributed by atoms with E-state index in [4.69, 9.17) is 16.3 Å². The number of aromatic amines is 1. The largest absolute Gasteiger partial charge is 0.492 e. The van der Waals surface area contributed by atoms with Crippen molar-refractivity contribution in [3.63, 3.8) is 0 Å². The lowest BCUT2D eigenvalue weighted by atomic mass is 10.1. The zero-order chi connectivity index (χ0) is 15.1. The third kappa shape index (κ3) is 5.90. The maximum absolute atomic E-state index is 6.19. The highest BCUT2D eigenvalue weighted by molar-refractivity contribution is 6.32. The summed E-state index contributed by atoms with van der Waals surface area (Å²) in [6, 6.07) is 3.99. The molecule has 22 heavy (non-hydrogen) atoms. The number of aromatic nitrogens is 2. The predicted octanol–water partition coefficient (Wildman–Crippen LogP) is 5.28. The van der Waals surface area contributed by atoms with Crippen LogP contribution in [0.25, 0.3) is 0 Å². The summed E-state index contributed by atoms with van der Waals surface area (Å²) in [6.07, 6.45) is 9.29. The molecule has 0 fully saturated rings. The molecule has 1 aromatic heterocycles. The molecule has 0 saturated carbocycles. The van der Waals surface area contributed by atoms with E-state index in [0.29, 0.717) is 5.02 Å². The number of benzene rings is 1. The number of hydrogen-bond acceptors (Lipinski definition) is 2. The molecule has 5 heteroatoms. The lowest BCUT2D eigenvalue weighted by Crippen LogP contribution is -1.99. The summed E-state index contributed by atoms with van der Waals surface area (Å²) >= 11 is 6.19. The first-order valence-electron chi connectivity index (χ1n) is 7.54. The van der Waals surface area contributed by atoms with Gasteiger partial charge in [-0.25, -0.2) is 4.98 Å². The van der Waals surface area contributed by atoms with E-state index in [1.165, 1.54) is 24.0 Å². The predicted molar refractivity (Wildman–Crippen MR) is 94.4 cm³/mol. The summed E-state index contributed by atoms with van der Waals surface area (Å²) in [5.74, 6) is 1.88. The van der Waals surface area contributed by atoms with Crippen molar-refractivity contribution in [3.8, 4) is 5.75 Å². The molecular formula is C17H24Cl2N2O. The zero-order valence-electron chi connectivity index (χ0n) is 13.2. The summed E-state index contributed by atoms with van der Waals surface area (Å²) in [5, 5.41) is 0.705. The van der Waals surface area contributed by atoms with E-state index in [9.17, 15) is 0 Å². The zero-order valence-corrected chi connectivity index (χ0v) is 14.8. The van der Waals surface area contributed by atoms with E-state index < -0.39 is 0 Å². The number of H-pyrrole nitrogens is 1. The van der Waals surface area contributed by atoms with Crippen LogP contribution in [0.3, 0.4) is 0 Å². The summed E-state index contributed by atoms with van der Waals surface area (Å²) in [4.78, 5) is 7.35. The maximum Gasteiger partial charge on any atom is 0.138 e. The van der Waals surface area contributed by atoms with Crippen molar-refractivity contribution in [2.24, 2.45) is 0 Å². The average molecular weight is 343 g/mol. The Morgan fingerprint density at radius 1 is 1.09 bits per heavy atom. The van der Waals surface area contributed by atoms with Crippen LogP contribution in [0.5, 0.6) is 5.75 Å². The Morgan fingerprint density at radius 2 is 1.82 bits per heavy atom. The number of nitrogens with one attached hydrogen (secondary N) is 1. The second-order valence-corrected chi connectivity index (χ2v) is 5.82. The van der Waals surface area contributed by atoms with Crippen LogP contribution in [-0.4, -0.2) is 16.6 Å². The van der Waals surface area contributed by atoms with Gasteiger partial charge in [-0.3, -0.25) is 0 Å². The molecule has 122 valence electrons. The Morgan fingerprint density at radius 3 is 2.55 bits per heavy atom. The fourth-order valence-corrected chi connectivity index (χ4v) is 2.50. The van der Waals surface area contributed by atoms with Gasteiger partial charge in [-0.15, -0.1) is 12.4 Å². The summed E-state index contributed by atoms with van der Waals surface area (Å²) in [5.41, 5.74) is 2.41. The molecule has 1 aromatic carbocycles. The lowest BCUT2D eigenvalue weighted by Gasteiger charge is -2.10. The van der Waals surface area contributed by atoms with Crippen LogP contribution in [0, 0.1) is 13.8 Å². The SMILES string of the molecule is Cc1cc(Cl)c(OCCCCCCc2ncc[nH]2)cc1C.Cl. The third-order valence-electron chi connectivity index (χ3n) is 3.67. The molecule has 0 atom stereocenters. The highest BCUT2D eigenvalue weighted by Crippen LogP contribution is 2.28. The smallest absolute Gasteiger partial charge is 0.138 e. The molecule has 1 N–H and O–H groups in total. The molecule has 2 rings (SSSR count). The quantitative estimate of drug-likeness (QED) is 0.662. The second-order valence-electron chi connectivity index (χ2n) is 5.42. The Labute approximate surface area is 143 Å². The van der Waals surface area contributed by atoms with Gasteiger partial charge in [-0.1, -0.05) is 24.4 Å². The minimum absolute atomic E-state index is 0. The summed E-state index contributed by atoms with van der Waals surface area (Å²) < 4.78 is 5.77. The van der Waals surface area contributed by atoms with Gasteiger partial charge in [0.05, 0.1) is 11.6 Å². The van der Waals surface area contributed by atoms with Gasteiger partial charge < -0.3 is 9.72 Å². The minimum atomic E-state index is 0. The maximum atomic E-state index is 6.19. The van der Waals surface area contributed by atoms with Crippen molar-refractivity contribution >= 4 is 24.0 Å². The minimum Gasteiger partial charge on any atom is -0.492 e. The highest BCUT2D eigenvalue weighted by Gasteiger charge is 2.04. The Bertz CT molecular complexity index is 556. The topological polar surface area (TPSA) is 37.9 Å². The van der Waals surface area contributed by atoms with Crippen LogP contribution < -0.4 is 4.74 Å². The van der Waals surface area contributed by atoms with E-state index in [0.717, 1.165) is 37.4 Å². The number of rotatable bonds is 8. The first-order chi connectivity index (χ1) is 10.2. The first kappa shape index (κ1) is 18.9. The molecule has 2 aromatic rings. The molecule has 3 nitrogen and oxygen atoms in total. The molecule has 0 aliphatic carbocycles. The summed E-state index contributed by atoms with van der Waals surface area (Å²) in [7, 11) is 0. The normalized spacial score (nSPS) is 10.3. The van der Waals surface area contributed by atoms with Crippen molar-refractivity contribution in [3.05, 3.63) is 46.5 Å². The van der Waals surface area contributed by atoms with E-state index in [1.54, 1.807) is 6.20 Å². The Kier molecular flexibility index (Phi) is 8.36. The fraction of sp³-hybridized carbons (Fsp3) is 0.471. The van der Waals surface area contributed by atoms with Crippen molar-refractivity contribution < 1.29 is 4.74 Å². The molecule has 0 radical (unpaired) electrons. The molecule has 0 aliphatic heterocycles. The standard InChI is InChI=1S/C17H23ClN2O.ClH/c1-13-11-15(18)16(12-14(13)2)21-10-6-4-3-5-7-17-19-8-9-20-17;/h8-9,11-12H,3-7,10H2,1-2H3,(H,19,20);1H.